The van der Waals surface area contributed by atoms with Crippen LogP contribution in [0.15, 0.2) is 11.6 Å². The van der Waals surface area contributed by atoms with Gasteiger partial charge < -0.3 is 9.64 Å². The number of ketones is 2. The molecule has 0 spiro atoms. The standard InChI is InChI=1S/C16H25NO4/c1-11(18)14(12(2)19)10-13-6-8-17(9-7-13)15(20)21-16(3,4)5/h10,13H,6-9H2,1-5H3. The molecule has 0 bridgehead atoms. The normalized spacial score (nSPS) is 16.3. The van der Waals surface area contributed by atoms with Crippen LogP contribution in [0.5, 0.6) is 0 Å². The second-order valence-corrected chi connectivity index (χ2v) is 6.50. The minimum Gasteiger partial charge on any atom is -0.444 e. The van der Waals surface area contributed by atoms with Crippen LogP contribution in [0.3, 0.4) is 0 Å². The number of nitrogens with zero attached hydrogens (tertiary/aromatic N) is 1. The number of rotatable bonds is 3. The fraction of sp³-hybridized carbons (Fsp3) is 0.688. The van der Waals surface area contributed by atoms with E-state index in [9.17, 15) is 14.4 Å². The predicted molar refractivity (Wildman–Crippen MR) is 80.0 cm³/mol. The van der Waals surface area contributed by atoms with E-state index in [0.29, 0.717) is 13.1 Å². The van der Waals surface area contributed by atoms with E-state index in [1.165, 1.54) is 13.8 Å². The summed E-state index contributed by atoms with van der Waals surface area (Å²) in [7, 11) is 0. The highest BCUT2D eigenvalue weighted by Crippen LogP contribution is 2.22. The number of Topliss-reactive ketones (excluding diaryl/α,β-unsaturated/α-hetero) is 2. The highest BCUT2D eigenvalue weighted by atomic mass is 16.6. The summed E-state index contributed by atoms with van der Waals surface area (Å²) in [4.78, 5) is 36.4. The topological polar surface area (TPSA) is 63.7 Å². The second-order valence-electron chi connectivity index (χ2n) is 6.50. The number of allylic oxidation sites excluding steroid dienone is 2. The molecule has 1 aliphatic rings. The van der Waals surface area contributed by atoms with E-state index in [4.69, 9.17) is 4.74 Å². The maximum absolute atomic E-state index is 11.9. The Hall–Kier alpha value is -1.65. The third-order valence-electron chi connectivity index (χ3n) is 3.35. The summed E-state index contributed by atoms with van der Waals surface area (Å²) in [5, 5.41) is 0. The molecule has 1 saturated heterocycles. The van der Waals surface area contributed by atoms with Crippen molar-refractivity contribution in [1.82, 2.24) is 4.90 Å². The van der Waals surface area contributed by atoms with Gasteiger partial charge in [0.25, 0.3) is 0 Å². The molecule has 0 aromatic carbocycles. The Labute approximate surface area is 126 Å². The first kappa shape index (κ1) is 17.4. The van der Waals surface area contributed by atoms with E-state index in [-0.39, 0.29) is 29.2 Å². The van der Waals surface area contributed by atoms with Gasteiger partial charge in [0.15, 0.2) is 11.6 Å². The summed E-state index contributed by atoms with van der Waals surface area (Å²) in [5.74, 6) is -0.236. The summed E-state index contributed by atoms with van der Waals surface area (Å²) in [6.45, 7) is 9.50. The zero-order chi connectivity index (χ0) is 16.2. The Kier molecular flexibility index (Phi) is 5.70. The molecule has 1 aliphatic heterocycles. The van der Waals surface area contributed by atoms with E-state index in [2.05, 4.69) is 0 Å². The lowest BCUT2D eigenvalue weighted by atomic mass is 9.92. The average molecular weight is 295 g/mol. The van der Waals surface area contributed by atoms with Crippen molar-refractivity contribution in [3.63, 3.8) is 0 Å². The van der Waals surface area contributed by atoms with Crippen LogP contribution >= 0.6 is 0 Å². The van der Waals surface area contributed by atoms with Gasteiger partial charge in [0, 0.05) is 13.1 Å². The summed E-state index contributed by atoms with van der Waals surface area (Å²) in [5.41, 5.74) is -0.227. The second kappa shape index (κ2) is 6.87. The lowest BCUT2D eigenvalue weighted by Gasteiger charge is -2.32. The van der Waals surface area contributed by atoms with Gasteiger partial charge in [-0.2, -0.15) is 0 Å². The Morgan fingerprint density at radius 2 is 1.52 bits per heavy atom. The van der Waals surface area contributed by atoms with Crippen molar-refractivity contribution in [2.75, 3.05) is 13.1 Å². The summed E-state index contributed by atoms with van der Waals surface area (Å²) in [6, 6.07) is 0. The summed E-state index contributed by atoms with van der Waals surface area (Å²) in [6.07, 6.45) is 2.94. The number of carbonyl (C=O) groups excluding carboxylic acids is 3. The number of likely N-dealkylation sites (tertiary alicyclic amines) is 1. The molecule has 1 rings (SSSR count). The van der Waals surface area contributed by atoms with Gasteiger partial charge in [-0.25, -0.2) is 4.79 Å². The first-order valence-corrected chi connectivity index (χ1v) is 7.32. The van der Waals surface area contributed by atoms with Gasteiger partial charge in [-0.15, -0.1) is 0 Å². The Morgan fingerprint density at radius 1 is 1.05 bits per heavy atom. The lowest BCUT2D eigenvalue weighted by molar-refractivity contribution is -0.119. The van der Waals surface area contributed by atoms with Gasteiger partial charge >= 0.3 is 6.09 Å². The van der Waals surface area contributed by atoms with Crippen molar-refractivity contribution < 1.29 is 19.1 Å². The third kappa shape index (κ3) is 5.69. The molecule has 1 amide bonds. The van der Waals surface area contributed by atoms with Crippen LogP contribution in [0.1, 0.15) is 47.5 Å². The fourth-order valence-electron chi connectivity index (χ4n) is 2.29. The average Bonchev–Trinajstić information content (AvgIpc) is 2.33. The first-order chi connectivity index (χ1) is 9.60. The molecule has 0 aromatic heterocycles. The van der Waals surface area contributed by atoms with Crippen LogP contribution in [0.25, 0.3) is 0 Å². The molecule has 1 fully saturated rings. The third-order valence-corrected chi connectivity index (χ3v) is 3.35. The molecule has 0 unspecified atom stereocenters. The maximum atomic E-state index is 11.9. The van der Waals surface area contributed by atoms with Gasteiger partial charge in [0.05, 0.1) is 5.57 Å². The molecule has 0 aromatic rings. The highest BCUT2D eigenvalue weighted by molar-refractivity contribution is 6.18. The van der Waals surface area contributed by atoms with Crippen LogP contribution in [0.4, 0.5) is 4.79 Å². The fourth-order valence-corrected chi connectivity index (χ4v) is 2.29. The minimum atomic E-state index is -0.496. The van der Waals surface area contributed by atoms with Crippen LogP contribution in [0, 0.1) is 5.92 Å². The van der Waals surface area contributed by atoms with Crippen molar-refractivity contribution in [3.05, 3.63) is 11.6 Å². The van der Waals surface area contributed by atoms with Gasteiger partial charge in [-0.1, -0.05) is 6.08 Å². The zero-order valence-corrected chi connectivity index (χ0v) is 13.6. The van der Waals surface area contributed by atoms with E-state index in [1.807, 2.05) is 20.8 Å². The number of ether oxygens (including phenoxy) is 1. The quantitative estimate of drug-likeness (QED) is 0.456. The van der Waals surface area contributed by atoms with Crippen LogP contribution in [-0.4, -0.2) is 41.3 Å². The van der Waals surface area contributed by atoms with Crippen molar-refractivity contribution in [2.45, 2.75) is 53.1 Å². The van der Waals surface area contributed by atoms with E-state index in [1.54, 1.807) is 11.0 Å². The van der Waals surface area contributed by atoms with Crippen molar-refractivity contribution in [3.8, 4) is 0 Å². The molecule has 5 heteroatoms. The monoisotopic (exact) mass is 295 g/mol. The molecule has 118 valence electrons. The van der Waals surface area contributed by atoms with Crippen molar-refractivity contribution in [2.24, 2.45) is 5.92 Å². The largest absolute Gasteiger partial charge is 0.444 e. The van der Waals surface area contributed by atoms with Gasteiger partial charge in [-0.05, 0) is 53.4 Å². The Morgan fingerprint density at radius 3 is 1.90 bits per heavy atom. The van der Waals surface area contributed by atoms with Crippen LogP contribution < -0.4 is 0 Å². The number of piperidine rings is 1. The molecule has 0 radical (unpaired) electrons. The number of hydrogen-bond donors (Lipinski definition) is 0. The SMILES string of the molecule is CC(=O)C(=CC1CCN(C(=O)OC(C)(C)C)CC1)C(C)=O. The lowest BCUT2D eigenvalue weighted by Crippen LogP contribution is -2.41. The van der Waals surface area contributed by atoms with Gasteiger partial charge in [0.2, 0.25) is 0 Å². The maximum Gasteiger partial charge on any atom is 0.410 e. The molecule has 0 atom stereocenters. The molecule has 0 N–H and O–H groups in total. The number of carbonyl (C=O) groups is 3. The van der Waals surface area contributed by atoms with E-state index >= 15 is 0 Å². The molecule has 21 heavy (non-hydrogen) atoms. The highest BCUT2D eigenvalue weighted by Gasteiger charge is 2.26. The van der Waals surface area contributed by atoms with Crippen LogP contribution in [-0.2, 0) is 14.3 Å². The molecule has 0 saturated carbocycles. The Bertz CT molecular complexity index is 435. The number of amides is 1. The smallest absolute Gasteiger partial charge is 0.410 e. The van der Waals surface area contributed by atoms with Crippen molar-refractivity contribution in [1.29, 1.82) is 0 Å². The van der Waals surface area contributed by atoms with Crippen molar-refractivity contribution >= 4 is 17.7 Å². The number of hydrogen-bond acceptors (Lipinski definition) is 4. The Balaban J connectivity index is 2.60. The zero-order valence-electron chi connectivity index (χ0n) is 13.6. The summed E-state index contributed by atoms with van der Waals surface area (Å²) >= 11 is 0. The van der Waals surface area contributed by atoms with E-state index in [0.717, 1.165) is 12.8 Å². The van der Waals surface area contributed by atoms with E-state index < -0.39 is 5.60 Å². The molecule has 0 aliphatic carbocycles. The molecular formula is C16H25NO4. The summed E-state index contributed by atoms with van der Waals surface area (Å²) < 4.78 is 5.33. The van der Waals surface area contributed by atoms with Gasteiger partial charge in [-0.3, -0.25) is 9.59 Å². The predicted octanol–water partition coefficient (Wildman–Crippen LogP) is 2.74. The molecular weight excluding hydrogens is 270 g/mol. The molecule has 1 heterocycles. The first-order valence-electron chi connectivity index (χ1n) is 7.32. The molecule has 5 nitrogen and oxygen atoms in total. The minimum absolute atomic E-state index is 0.159. The van der Waals surface area contributed by atoms with Gasteiger partial charge in [0.1, 0.15) is 5.60 Å². The van der Waals surface area contributed by atoms with Crippen LogP contribution in [0.2, 0.25) is 0 Å².